The van der Waals surface area contributed by atoms with E-state index in [0.717, 1.165) is 18.9 Å². The lowest BCUT2D eigenvalue weighted by molar-refractivity contribution is 0.300. The maximum Gasteiger partial charge on any atom is 0.168 e. The summed E-state index contributed by atoms with van der Waals surface area (Å²) in [5, 5.41) is 3.04. The zero-order chi connectivity index (χ0) is 10.8. The van der Waals surface area contributed by atoms with Gasteiger partial charge in [-0.2, -0.15) is 0 Å². The Bertz CT molecular complexity index is 368. The molecule has 0 saturated heterocycles. The quantitative estimate of drug-likeness (QED) is 0.773. The molecule has 0 amide bonds. The minimum absolute atomic E-state index is 0.0345. The molecule has 1 N–H and O–H groups in total. The van der Waals surface area contributed by atoms with Crippen molar-refractivity contribution >= 4 is 0 Å². The lowest BCUT2D eigenvalue weighted by Gasteiger charge is -2.15. The largest absolute Gasteiger partial charge is 0.490 e. The van der Waals surface area contributed by atoms with E-state index in [0.29, 0.717) is 12.2 Å². The van der Waals surface area contributed by atoms with Crippen LogP contribution < -0.4 is 10.1 Å². The van der Waals surface area contributed by atoms with Gasteiger partial charge in [0.25, 0.3) is 0 Å². The van der Waals surface area contributed by atoms with Crippen molar-refractivity contribution in [1.29, 1.82) is 0 Å². The lowest BCUT2D eigenvalue weighted by atomic mass is 10.0. The number of benzene rings is 1. The summed E-state index contributed by atoms with van der Waals surface area (Å²) in [5.74, 6) is -0.989. The number of ether oxygens (including phenoxy) is 1. The molecule has 0 spiro atoms. The molecule has 1 unspecified atom stereocenters. The predicted molar refractivity (Wildman–Crippen MR) is 52.9 cm³/mol. The van der Waals surface area contributed by atoms with Gasteiger partial charge in [0.05, 0.1) is 6.61 Å². The molecule has 1 aromatic carbocycles. The summed E-state index contributed by atoms with van der Waals surface area (Å²) in [4.78, 5) is 0. The van der Waals surface area contributed by atoms with Crippen LogP contribution in [0.15, 0.2) is 12.1 Å². The molecule has 1 aromatic rings. The highest BCUT2D eigenvalue weighted by molar-refractivity contribution is 5.38. The van der Waals surface area contributed by atoms with E-state index < -0.39 is 11.6 Å². The van der Waals surface area contributed by atoms with Gasteiger partial charge < -0.3 is 10.1 Å². The van der Waals surface area contributed by atoms with Gasteiger partial charge in [-0.1, -0.05) is 0 Å². The average Bonchev–Trinajstić information content (AvgIpc) is 2.39. The van der Waals surface area contributed by atoms with Gasteiger partial charge in [-0.05, 0) is 26.0 Å². The Balaban J connectivity index is 2.50. The van der Waals surface area contributed by atoms with E-state index >= 15 is 0 Å². The van der Waals surface area contributed by atoms with Gasteiger partial charge in [0, 0.05) is 17.7 Å². The molecule has 4 heteroatoms. The van der Waals surface area contributed by atoms with Crippen molar-refractivity contribution in [2.75, 3.05) is 13.7 Å². The first-order valence-corrected chi connectivity index (χ1v) is 5.01. The summed E-state index contributed by atoms with van der Waals surface area (Å²) in [7, 11) is 1.78. The second kappa shape index (κ2) is 4.14. The maximum absolute atomic E-state index is 13.4. The summed E-state index contributed by atoms with van der Waals surface area (Å²) < 4.78 is 31.8. The Kier molecular flexibility index (Phi) is 2.86. The molecule has 1 aliphatic heterocycles. The molecular formula is C11H13F2NO. The van der Waals surface area contributed by atoms with Crippen LogP contribution >= 0.6 is 0 Å². The van der Waals surface area contributed by atoms with Crippen LogP contribution in [0.2, 0.25) is 0 Å². The van der Waals surface area contributed by atoms with Crippen LogP contribution in [0.3, 0.4) is 0 Å². The molecule has 0 fully saturated rings. The van der Waals surface area contributed by atoms with Crippen molar-refractivity contribution in [3.8, 4) is 5.75 Å². The van der Waals surface area contributed by atoms with Crippen molar-refractivity contribution in [1.82, 2.24) is 5.32 Å². The van der Waals surface area contributed by atoms with E-state index in [2.05, 4.69) is 5.32 Å². The fraction of sp³-hybridized carbons (Fsp3) is 0.455. The van der Waals surface area contributed by atoms with Crippen LogP contribution in [0, 0.1) is 11.6 Å². The van der Waals surface area contributed by atoms with Crippen molar-refractivity contribution in [3.63, 3.8) is 0 Å². The summed E-state index contributed by atoms with van der Waals surface area (Å²) in [6, 6.07) is 2.16. The third kappa shape index (κ3) is 1.95. The third-order valence-electron chi connectivity index (χ3n) is 2.64. The number of nitrogens with one attached hydrogen (secondary N) is 1. The first-order chi connectivity index (χ1) is 7.22. The molecule has 0 aromatic heterocycles. The van der Waals surface area contributed by atoms with Crippen LogP contribution in [0.1, 0.15) is 24.4 Å². The van der Waals surface area contributed by atoms with E-state index in [9.17, 15) is 8.78 Å². The normalized spacial score (nSPS) is 20.3. The van der Waals surface area contributed by atoms with Crippen molar-refractivity contribution in [2.45, 2.75) is 18.9 Å². The first-order valence-electron chi connectivity index (χ1n) is 5.01. The molecule has 1 atom stereocenters. The Morgan fingerprint density at radius 1 is 1.40 bits per heavy atom. The van der Waals surface area contributed by atoms with Gasteiger partial charge in [0.1, 0.15) is 5.82 Å². The molecule has 2 rings (SSSR count). The monoisotopic (exact) mass is 213 g/mol. The highest BCUT2D eigenvalue weighted by Crippen LogP contribution is 2.34. The fourth-order valence-corrected chi connectivity index (χ4v) is 1.91. The molecule has 0 aliphatic carbocycles. The minimum Gasteiger partial charge on any atom is -0.490 e. The smallest absolute Gasteiger partial charge is 0.168 e. The summed E-state index contributed by atoms with van der Waals surface area (Å²) in [6.45, 7) is 0.480. The van der Waals surface area contributed by atoms with Crippen molar-refractivity contribution < 1.29 is 13.5 Å². The van der Waals surface area contributed by atoms with Gasteiger partial charge in [0.2, 0.25) is 0 Å². The number of hydrogen-bond acceptors (Lipinski definition) is 2. The molecule has 15 heavy (non-hydrogen) atoms. The first kappa shape index (κ1) is 10.4. The second-order valence-corrected chi connectivity index (χ2v) is 3.64. The van der Waals surface area contributed by atoms with Gasteiger partial charge in [-0.3, -0.25) is 0 Å². The highest BCUT2D eigenvalue weighted by Gasteiger charge is 2.22. The van der Waals surface area contributed by atoms with Crippen LogP contribution in [0.4, 0.5) is 8.78 Å². The minimum atomic E-state index is -0.618. The Morgan fingerprint density at radius 2 is 2.20 bits per heavy atom. The van der Waals surface area contributed by atoms with E-state index in [1.54, 1.807) is 7.05 Å². The third-order valence-corrected chi connectivity index (χ3v) is 2.64. The Labute approximate surface area is 87.2 Å². The summed E-state index contributed by atoms with van der Waals surface area (Å²) in [6.07, 6.45) is 1.66. The number of rotatable bonds is 1. The SMILES string of the molecule is CNC1CCCOc2c(F)cc(F)cc21. The van der Waals surface area contributed by atoms with E-state index in [-0.39, 0.29) is 11.8 Å². The van der Waals surface area contributed by atoms with Crippen molar-refractivity contribution in [2.24, 2.45) is 0 Å². The van der Waals surface area contributed by atoms with E-state index in [4.69, 9.17) is 4.74 Å². The van der Waals surface area contributed by atoms with Gasteiger partial charge >= 0.3 is 0 Å². The van der Waals surface area contributed by atoms with Crippen molar-refractivity contribution in [3.05, 3.63) is 29.3 Å². The number of fused-ring (bicyclic) bond motifs is 1. The average molecular weight is 213 g/mol. The van der Waals surface area contributed by atoms with Gasteiger partial charge in [0.15, 0.2) is 11.6 Å². The van der Waals surface area contributed by atoms with Crippen LogP contribution in [-0.4, -0.2) is 13.7 Å². The topological polar surface area (TPSA) is 21.3 Å². The molecule has 1 heterocycles. The van der Waals surface area contributed by atoms with Gasteiger partial charge in [-0.25, -0.2) is 8.78 Å². The van der Waals surface area contributed by atoms with E-state index in [1.807, 2.05) is 0 Å². The van der Waals surface area contributed by atoms with Crippen LogP contribution in [0.25, 0.3) is 0 Å². The number of halogens is 2. The molecule has 0 bridgehead atoms. The predicted octanol–water partition coefficient (Wildman–Crippen LogP) is 2.40. The summed E-state index contributed by atoms with van der Waals surface area (Å²) in [5.41, 5.74) is 0.576. The zero-order valence-corrected chi connectivity index (χ0v) is 8.52. The molecule has 0 radical (unpaired) electrons. The molecule has 2 nitrogen and oxygen atoms in total. The maximum atomic E-state index is 13.4. The Hall–Kier alpha value is -1.16. The Morgan fingerprint density at radius 3 is 2.93 bits per heavy atom. The lowest BCUT2D eigenvalue weighted by Crippen LogP contribution is -2.16. The molecular weight excluding hydrogens is 200 g/mol. The van der Waals surface area contributed by atoms with E-state index in [1.165, 1.54) is 6.07 Å². The number of hydrogen-bond donors (Lipinski definition) is 1. The van der Waals surface area contributed by atoms with Gasteiger partial charge in [-0.15, -0.1) is 0 Å². The van der Waals surface area contributed by atoms with Crippen LogP contribution in [0.5, 0.6) is 5.75 Å². The molecule has 1 aliphatic rings. The standard InChI is InChI=1S/C11H13F2NO/c1-14-10-3-2-4-15-11-8(10)5-7(12)6-9(11)13/h5-6,10,14H,2-4H2,1H3. The summed E-state index contributed by atoms with van der Waals surface area (Å²) >= 11 is 0. The molecule has 82 valence electrons. The fourth-order valence-electron chi connectivity index (χ4n) is 1.91. The molecule has 0 saturated carbocycles. The van der Waals surface area contributed by atoms with Crippen LogP contribution in [-0.2, 0) is 0 Å². The second-order valence-electron chi connectivity index (χ2n) is 3.64. The zero-order valence-electron chi connectivity index (χ0n) is 8.52. The highest BCUT2D eigenvalue weighted by atomic mass is 19.1.